The van der Waals surface area contributed by atoms with Gasteiger partial charge in [-0.05, 0) is 18.6 Å². The Labute approximate surface area is 112 Å². The second-order valence-electron chi connectivity index (χ2n) is 4.49. The van der Waals surface area contributed by atoms with Crippen LogP contribution in [0.1, 0.15) is 12.2 Å². The van der Waals surface area contributed by atoms with Crippen molar-refractivity contribution < 1.29 is 8.42 Å². The molecule has 100 valence electrons. The van der Waals surface area contributed by atoms with Crippen molar-refractivity contribution in [2.24, 2.45) is 0 Å². The third kappa shape index (κ3) is 3.32. The Hall–Kier alpha value is -1.87. The third-order valence-electron chi connectivity index (χ3n) is 2.87. The Morgan fingerprint density at radius 3 is 2.79 bits per heavy atom. The van der Waals surface area contributed by atoms with E-state index < -0.39 is 9.84 Å². The molecule has 1 aromatic heterocycles. The second-order valence-corrected chi connectivity index (χ2v) is 6.75. The van der Waals surface area contributed by atoms with Gasteiger partial charge in [0.15, 0.2) is 0 Å². The van der Waals surface area contributed by atoms with E-state index in [0.717, 1.165) is 11.0 Å². The molecule has 0 unspecified atom stereocenters. The lowest BCUT2D eigenvalue weighted by atomic mass is 10.3. The van der Waals surface area contributed by atoms with E-state index in [1.54, 1.807) is 0 Å². The van der Waals surface area contributed by atoms with E-state index in [1.807, 2.05) is 28.8 Å². The summed E-state index contributed by atoms with van der Waals surface area (Å²) in [6.45, 7) is 0.560. The van der Waals surface area contributed by atoms with Crippen molar-refractivity contribution in [1.82, 2.24) is 9.55 Å². The Morgan fingerprint density at radius 2 is 2.11 bits per heavy atom. The third-order valence-corrected chi connectivity index (χ3v) is 3.90. The van der Waals surface area contributed by atoms with Gasteiger partial charge in [-0.3, -0.25) is 0 Å². The van der Waals surface area contributed by atoms with E-state index in [0.29, 0.717) is 18.8 Å². The van der Waals surface area contributed by atoms with Crippen LogP contribution in [0.5, 0.6) is 0 Å². The molecular weight excluding hydrogens is 262 g/mol. The van der Waals surface area contributed by atoms with E-state index in [-0.39, 0.29) is 12.2 Å². The molecule has 0 N–H and O–H groups in total. The number of rotatable bonds is 5. The molecule has 0 aliphatic heterocycles. The highest BCUT2D eigenvalue weighted by molar-refractivity contribution is 7.90. The summed E-state index contributed by atoms with van der Waals surface area (Å²) in [5, 5.41) is 8.82. The monoisotopic (exact) mass is 277 g/mol. The van der Waals surface area contributed by atoms with Crippen LogP contribution in [0.25, 0.3) is 11.0 Å². The van der Waals surface area contributed by atoms with Crippen molar-refractivity contribution in [1.29, 1.82) is 5.26 Å². The van der Waals surface area contributed by atoms with Crippen LogP contribution in [0, 0.1) is 11.3 Å². The van der Waals surface area contributed by atoms with Crippen molar-refractivity contribution in [3.63, 3.8) is 0 Å². The van der Waals surface area contributed by atoms with E-state index in [9.17, 15) is 8.42 Å². The number of sulfone groups is 1. The summed E-state index contributed by atoms with van der Waals surface area (Å²) in [4.78, 5) is 4.41. The number of para-hydroxylation sites is 2. The number of imidazole rings is 1. The first-order valence-corrected chi connectivity index (χ1v) is 8.06. The lowest BCUT2D eigenvalue weighted by molar-refractivity contribution is 0.591. The van der Waals surface area contributed by atoms with Crippen molar-refractivity contribution in [3.05, 3.63) is 30.1 Å². The maximum absolute atomic E-state index is 11.2. The first kappa shape index (κ1) is 13.6. The minimum Gasteiger partial charge on any atom is -0.327 e. The van der Waals surface area contributed by atoms with Gasteiger partial charge in [-0.25, -0.2) is 13.4 Å². The minimum absolute atomic E-state index is 0.144. The Balaban J connectivity index is 2.29. The molecule has 0 saturated heterocycles. The summed E-state index contributed by atoms with van der Waals surface area (Å²) in [6, 6.07) is 9.72. The summed E-state index contributed by atoms with van der Waals surface area (Å²) in [7, 11) is -2.95. The molecule has 2 rings (SSSR count). The molecule has 0 amide bonds. The van der Waals surface area contributed by atoms with Crippen molar-refractivity contribution in [3.8, 4) is 6.07 Å². The number of hydrogen-bond donors (Lipinski definition) is 0. The van der Waals surface area contributed by atoms with Gasteiger partial charge in [-0.1, -0.05) is 12.1 Å². The van der Waals surface area contributed by atoms with E-state index in [1.165, 1.54) is 6.26 Å². The molecule has 0 radical (unpaired) electrons. The fraction of sp³-hybridized carbons (Fsp3) is 0.385. The molecule has 1 aromatic carbocycles. The molecule has 6 heteroatoms. The van der Waals surface area contributed by atoms with Gasteiger partial charge in [-0.15, -0.1) is 0 Å². The summed E-state index contributed by atoms with van der Waals surface area (Å²) in [6.07, 6.45) is 1.99. The van der Waals surface area contributed by atoms with Gasteiger partial charge in [-0.2, -0.15) is 5.26 Å². The van der Waals surface area contributed by atoms with Crippen molar-refractivity contribution in [2.75, 3.05) is 12.0 Å². The molecule has 0 fully saturated rings. The predicted molar refractivity (Wildman–Crippen MR) is 73.4 cm³/mol. The van der Waals surface area contributed by atoms with Crippen LogP contribution in [0.2, 0.25) is 0 Å². The first-order valence-electron chi connectivity index (χ1n) is 6.00. The number of benzene rings is 1. The molecule has 19 heavy (non-hydrogen) atoms. The van der Waals surface area contributed by atoms with Crippen LogP contribution in [-0.4, -0.2) is 30.0 Å². The van der Waals surface area contributed by atoms with Gasteiger partial charge < -0.3 is 4.57 Å². The van der Waals surface area contributed by atoms with Crippen LogP contribution in [0.4, 0.5) is 0 Å². The Kier molecular flexibility index (Phi) is 3.86. The van der Waals surface area contributed by atoms with Crippen molar-refractivity contribution in [2.45, 2.75) is 19.4 Å². The number of fused-ring (bicyclic) bond motifs is 1. The van der Waals surface area contributed by atoms with Gasteiger partial charge >= 0.3 is 0 Å². The van der Waals surface area contributed by atoms with E-state index in [4.69, 9.17) is 5.26 Å². The number of aromatic nitrogens is 2. The average molecular weight is 277 g/mol. The number of hydrogen-bond acceptors (Lipinski definition) is 4. The van der Waals surface area contributed by atoms with Gasteiger partial charge in [0.1, 0.15) is 15.7 Å². The fourth-order valence-corrected chi connectivity index (χ4v) is 2.72. The number of nitrogens with zero attached hydrogens (tertiary/aromatic N) is 3. The molecule has 0 aliphatic carbocycles. The normalized spacial score (nSPS) is 11.6. The van der Waals surface area contributed by atoms with Gasteiger partial charge in [0, 0.05) is 12.8 Å². The second kappa shape index (κ2) is 5.41. The summed E-state index contributed by atoms with van der Waals surface area (Å²) < 4.78 is 24.2. The number of aryl methyl sites for hydroxylation is 1. The van der Waals surface area contributed by atoms with Crippen LogP contribution in [0.15, 0.2) is 24.3 Å². The lowest BCUT2D eigenvalue weighted by Gasteiger charge is -2.06. The Morgan fingerprint density at radius 1 is 1.37 bits per heavy atom. The zero-order chi connectivity index (χ0) is 13.9. The maximum Gasteiger partial charge on any atom is 0.147 e. The average Bonchev–Trinajstić information content (AvgIpc) is 2.67. The summed E-state index contributed by atoms with van der Waals surface area (Å²) in [5.41, 5.74) is 1.79. The molecule has 0 saturated carbocycles. The minimum atomic E-state index is -2.95. The van der Waals surface area contributed by atoms with Crippen LogP contribution >= 0.6 is 0 Å². The molecule has 0 aliphatic rings. The molecule has 0 bridgehead atoms. The molecule has 0 spiro atoms. The molecule has 1 heterocycles. The maximum atomic E-state index is 11.2. The standard InChI is InChI=1S/C13H15N3O2S/c1-19(17,18)10-4-9-16-12-6-3-2-5-11(12)15-13(16)7-8-14/h2-3,5-6H,4,7,9-10H2,1H3. The van der Waals surface area contributed by atoms with Crippen LogP contribution < -0.4 is 0 Å². The molecule has 2 aromatic rings. The quantitative estimate of drug-likeness (QED) is 0.830. The van der Waals surface area contributed by atoms with Crippen molar-refractivity contribution >= 4 is 20.9 Å². The number of nitriles is 1. The highest BCUT2D eigenvalue weighted by Gasteiger charge is 2.10. The topological polar surface area (TPSA) is 75.8 Å². The fourth-order valence-electron chi connectivity index (χ4n) is 2.07. The SMILES string of the molecule is CS(=O)(=O)CCCn1c(CC#N)nc2ccccc21. The van der Waals surface area contributed by atoms with E-state index in [2.05, 4.69) is 11.1 Å². The highest BCUT2D eigenvalue weighted by atomic mass is 32.2. The summed E-state index contributed by atoms with van der Waals surface area (Å²) in [5.74, 6) is 0.836. The van der Waals surface area contributed by atoms with Gasteiger partial charge in [0.2, 0.25) is 0 Å². The van der Waals surface area contributed by atoms with Crippen LogP contribution in [0.3, 0.4) is 0 Å². The zero-order valence-corrected chi connectivity index (χ0v) is 11.5. The van der Waals surface area contributed by atoms with Gasteiger partial charge in [0.05, 0.1) is 29.3 Å². The molecule has 0 atom stereocenters. The first-order chi connectivity index (χ1) is 9.01. The van der Waals surface area contributed by atoms with Crippen LogP contribution in [-0.2, 0) is 22.8 Å². The predicted octanol–water partition coefficient (Wildman–Crippen LogP) is 1.54. The summed E-state index contributed by atoms with van der Waals surface area (Å²) >= 11 is 0. The largest absolute Gasteiger partial charge is 0.327 e. The van der Waals surface area contributed by atoms with Gasteiger partial charge in [0.25, 0.3) is 0 Å². The van der Waals surface area contributed by atoms with E-state index >= 15 is 0 Å². The Bertz CT molecular complexity index is 726. The molecular formula is C13H15N3O2S. The zero-order valence-electron chi connectivity index (χ0n) is 10.7. The lowest BCUT2D eigenvalue weighted by Crippen LogP contribution is -2.09. The smallest absolute Gasteiger partial charge is 0.147 e. The molecule has 5 nitrogen and oxygen atoms in total. The highest BCUT2D eigenvalue weighted by Crippen LogP contribution is 2.17.